The van der Waals surface area contributed by atoms with E-state index in [0.29, 0.717) is 11.4 Å². The minimum absolute atomic E-state index is 0.606. The second-order valence-corrected chi connectivity index (χ2v) is 4.63. The molecule has 2 aromatic rings. The molecule has 0 amide bonds. The van der Waals surface area contributed by atoms with Gasteiger partial charge in [0.2, 0.25) is 0 Å². The van der Waals surface area contributed by atoms with Crippen LogP contribution in [0.1, 0.15) is 19.4 Å². The number of nitrogens with two attached hydrogens (primary N) is 1. The van der Waals surface area contributed by atoms with Crippen LogP contribution in [0.5, 0.6) is 0 Å². The van der Waals surface area contributed by atoms with E-state index in [1.165, 1.54) is 0 Å². The number of hydrogen-bond acceptors (Lipinski definition) is 2. The van der Waals surface area contributed by atoms with Crippen molar-refractivity contribution in [3.05, 3.63) is 35.9 Å². The van der Waals surface area contributed by atoms with Crippen LogP contribution < -0.4 is 5.73 Å². The molecule has 2 rings (SSSR count). The van der Waals surface area contributed by atoms with Crippen molar-refractivity contribution >= 4 is 5.82 Å². The van der Waals surface area contributed by atoms with Gasteiger partial charge in [-0.2, -0.15) is 5.10 Å². The van der Waals surface area contributed by atoms with Gasteiger partial charge in [-0.1, -0.05) is 24.3 Å². The highest BCUT2D eigenvalue weighted by Gasteiger charge is 2.18. The zero-order chi connectivity index (χ0) is 12.6. The first kappa shape index (κ1) is 11.6. The maximum atomic E-state index is 13.7. The molecule has 0 saturated heterocycles. The van der Waals surface area contributed by atoms with Crippen LogP contribution in [0.3, 0.4) is 0 Å². The average molecular weight is 233 g/mol. The van der Waals surface area contributed by atoms with E-state index in [1.807, 2.05) is 12.1 Å². The van der Waals surface area contributed by atoms with Crippen LogP contribution in [0.25, 0.3) is 11.3 Å². The van der Waals surface area contributed by atoms with Gasteiger partial charge in [-0.05, 0) is 19.4 Å². The van der Waals surface area contributed by atoms with Crippen LogP contribution in [0.4, 0.5) is 10.2 Å². The summed E-state index contributed by atoms with van der Waals surface area (Å²) in [4.78, 5) is 0. The number of aromatic nitrogens is 2. The Balaban J connectivity index is 2.36. The number of nitrogens with zero attached hydrogens (tertiary/aromatic N) is 2. The fourth-order valence-electron chi connectivity index (χ4n) is 1.66. The Labute approximate surface area is 100 Å². The molecular formula is C13H16FN3. The number of aryl methyl sites for hydroxylation is 1. The zero-order valence-corrected chi connectivity index (χ0v) is 10.2. The molecule has 0 aliphatic heterocycles. The van der Waals surface area contributed by atoms with Crippen molar-refractivity contribution in [3.8, 4) is 11.3 Å². The standard InChI is InChI=1S/C13H16FN3/c1-13(2,14)10-6-4-9(5-7-10)11-8-12(15)17(3)16-11/h4-8H,15H2,1-3H3. The topological polar surface area (TPSA) is 43.8 Å². The molecule has 0 aliphatic carbocycles. The number of alkyl halides is 1. The van der Waals surface area contributed by atoms with Crippen LogP contribution in [-0.2, 0) is 12.7 Å². The third-order valence-electron chi connectivity index (χ3n) is 2.78. The summed E-state index contributed by atoms with van der Waals surface area (Å²) in [5, 5.41) is 4.27. The zero-order valence-electron chi connectivity index (χ0n) is 10.2. The first-order chi connectivity index (χ1) is 7.88. The van der Waals surface area contributed by atoms with Crippen LogP contribution in [0.15, 0.2) is 30.3 Å². The number of anilines is 1. The van der Waals surface area contributed by atoms with Gasteiger partial charge in [0.05, 0.1) is 5.69 Å². The van der Waals surface area contributed by atoms with Crippen molar-refractivity contribution < 1.29 is 4.39 Å². The summed E-state index contributed by atoms with van der Waals surface area (Å²) in [5.74, 6) is 0.606. The highest BCUT2D eigenvalue weighted by molar-refractivity contribution is 5.62. The van der Waals surface area contributed by atoms with Gasteiger partial charge in [-0.25, -0.2) is 4.39 Å². The number of rotatable bonds is 2. The van der Waals surface area contributed by atoms with Crippen LogP contribution in [-0.4, -0.2) is 9.78 Å². The molecule has 3 nitrogen and oxygen atoms in total. The summed E-state index contributed by atoms with van der Waals surface area (Å²) in [5.41, 5.74) is 6.79. The minimum Gasteiger partial charge on any atom is -0.384 e. The van der Waals surface area contributed by atoms with Crippen molar-refractivity contribution in [2.45, 2.75) is 19.5 Å². The molecule has 4 heteroatoms. The SMILES string of the molecule is Cn1nc(-c2ccc(C(C)(C)F)cc2)cc1N. The van der Waals surface area contributed by atoms with Crippen LogP contribution in [0.2, 0.25) is 0 Å². The molecule has 90 valence electrons. The van der Waals surface area contributed by atoms with Crippen LogP contribution >= 0.6 is 0 Å². The van der Waals surface area contributed by atoms with Crippen molar-refractivity contribution in [1.82, 2.24) is 9.78 Å². The lowest BCUT2D eigenvalue weighted by atomic mass is 9.98. The summed E-state index contributed by atoms with van der Waals surface area (Å²) in [6.07, 6.45) is 0. The summed E-state index contributed by atoms with van der Waals surface area (Å²) in [6, 6.07) is 9.08. The van der Waals surface area contributed by atoms with E-state index >= 15 is 0 Å². The normalized spacial score (nSPS) is 11.8. The molecule has 0 spiro atoms. The largest absolute Gasteiger partial charge is 0.384 e. The number of halogens is 1. The van der Waals surface area contributed by atoms with E-state index in [0.717, 1.165) is 11.3 Å². The summed E-state index contributed by atoms with van der Waals surface area (Å²) >= 11 is 0. The quantitative estimate of drug-likeness (QED) is 0.866. The maximum absolute atomic E-state index is 13.7. The Morgan fingerprint density at radius 2 is 1.82 bits per heavy atom. The Morgan fingerprint density at radius 1 is 1.24 bits per heavy atom. The highest BCUT2D eigenvalue weighted by Crippen LogP contribution is 2.27. The first-order valence-corrected chi connectivity index (χ1v) is 5.47. The van der Waals surface area contributed by atoms with Gasteiger partial charge in [-0.15, -0.1) is 0 Å². The Bertz CT molecular complexity index is 501. The second kappa shape index (κ2) is 3.87. The monoisotopic (exact) mass is 233 g/mol. The molecule has 0 aliphatic rings. The van der Waals surface area contributed by atoms with E-state index in [-0.39, 0.29) is 0 Å². The van der Waals surface area contributed by atoms with E-state index in [9.17, 15) is 4.39 Å². The Morgan fingerprint density at radius 3 is 2.24 bits per heavy atom. The predicted octanol–water partition coefficient (Wildman–Crippen LogP) is 2.87. The number of hydrogen-bond donors (Lipinski definition) is 1. The summed E-state index contributed by atoms with van der Waals surface area (Å²) < 4.78 is 15.3. The average Bonchev–Trinajstić information content (AvgIpc) is 2.58. The van der Waals surface area contributed by atoms with Gasteiger partial charge in [0, 0.05) is 18.7 Å². The van der Waals surface area contributed by atoms with Gasteiger partial charge >= 0.3 is 0 Å². The smallest absolute Gasteiger partial charge is 0.130 e. The third-order valence-corrected chi connectivity index (χ3v) is 2.78. The first-order valence-electron chi connectivity index (χ1n) is 5.47. The molecule has 17 heavy (non-hydrogen) atoms. The molecule has 0 unspecified atom stereocenters. The molecule has 0 radical (unpaired) electrons. The summed E-state index contributed by atoms with van der Waals surface area (Å²) in [7, 11) is 1.79. The lowest BCUT2D eigenvalue weighted by Crippen LogP contribution is -2.08. The molecule has 0 atom stereocenters. The lowest BCUT2D eigenvalue weighted by Gasteiger charge is -2.14. The molecule has 1 aromatic carbocycles. The van der Waals surface area contributed by atoms with Crippen LogP contribution in [0, 0.1) is 0 Å². The molecule has 1 aromatic heterocycles. The van der Waals surface area contributed by atoms with Crippen molar-refractivity contribution in [2.75, 3.05) is 5.73 Å². The summed E-state index contributed by atoms with van der Waals surface area (Å²) in [6.45, 7) is 3.08. The van der Waals surface area contributed by atoms with Gasteiger partial charge < -0.3 is 5.73 Å². The molecule has 1 heterocycles. The fourth-order valence-corrected chi connectivity index (χ4v) is 1.66. The van der Waals surface area contributed by atoms with E-state index in [4.69, 9.17) is 5.73 Å². The maximum Gasteiger partial charge on any atom is 0.130 e. The van der Waals surface area contributed by atoms with Gasteiger partial charge in [0.15, 0.2) is 0 Å². The number of nitrogen functional groups attached to an aromatic ring is 1. The van der Waals surface area contributed by atoms with Crippen molar-refractivity contribution in [2.24, 2.45) is 7.05 Å². The van der Waals surface area contributed by atoms with Gasteiger partial charge in [-0.3, -0.25) is 4.68 Å². The van der Waals surface area contributed by atoms with E-state index in [1.54, 1.807) is 43.8 Å². The highest BCUT2D eigenvalue weighted by atomic mass is 19.1. The Kier molecular flexibility index (Phi) is 2.65. The number of benzene rings is 1. The van der Waals surface area contributed by atoms with Gasteiger partial charge in [0.25, 0.3) is 0 Å². The molecule has 0 saturated carbocycles. The Hall–Kier alpha value is -1.84. The minimum atomic E-state index is -1.32. The molecule has 0 fully saturated rings. The predicted molar refractivity (Wildman–Crippen MR) is 67.2 cm³/mol. The van der Waals surface area contributed by atoms with Gasteiger partial charge in [0.1, 0.15) is 11.5 Å². The third kappa shape index (κ3) is 2.30. The van der Waals surface area contributed by atoms with E-state index in [2.05, 4.69) is 5.10 Å². The van der Waals surface area contributed by atoms with Crippen molar-refractivity contribution in [3.63, 3.8) is 0 Å². The molecule has 2 N–H and O–H groups in total. The second-order valence-electron chi connectivity index (χ2n) is 4.63. The van der Waals surface area contributed by atoms with Crippen molar-refractivity contribution in [1.29, 1.82) is 0 Å². The lowest BCUT2D eigenvalue weighted by molar-refractivity contribution is 0.221. The fraction of sp³-hybridized carbons (Fsp3) is 0.308. The van der Waals surface area contributed by atoms with E-state index < -0.39 is 5.67 Å². The molecule has 0 bridgehead atoms. The molecular weight excluding hydrogens is 217 g/mol.